The second-order valence-electron chi connectivity index (χ2n) is 6.61. The van der Waals surface area contributed by atoms with Gasteiger partial charge in [-0.15, -0.1) is 0 Å². The molecule has 2 aromatic rings. The van der Waals surface area contributed by atoms with E-state index in [1.165, 1.54) is 5.56 Å². The Morgan fingerprint density at radius 3 is 2.83 bits per heavy atom. The molecule has 4 rings (SSSR count). The van der Waals surface area contributed by atoms with Gasteiger partial charge in [-0.2, -0.15) is 5.10 Å². The van der Waals surface area contributed by atoms with Crippen molar-refractivity contribution in [2.45, 2.75) is 25.4 Å². The molecule has 122 valence electrons. The van der Waals surface area contributed by atoms with E-state index in [0.717, 1.165) is 50.5 Å². The number of hydrogen-bond acceptors (Lipinski definition) is 4. The van der Waals surface area contributed by atoms with Crippen LogP contribution in [0.25, 0.3) is 0 Å². The summed E-state index contributed by atoms with van der Waals surface area (Å²) in [6.07, 6.45) is 6.87. The molecule has 0 bridgehead atoms. The van der Waals surface area contributed by atoms with E-state index < -0.39 is 0 Å². The lowest BCUT2D eigenvalue weighted by Gasteiger charge is -2.38. The summed E-state index contributed by atoms with van der Waals surface area (Å²) in [6, 6.07) is 0. The van der Waals surface area contributed by atoms with Crippen LogP contribution in [-0.2, 0) is 32.0 Å². The SMILES string of the molecule is Cn1cc(CN2Cc3ncn(C)c3C(C(=O)N3CCC3)C2)cn1. The van der Waals surface area contributed by atoms with E-state index in [-0.39, 0.29) is 11.8 Å². The number of carbonyl (C=O) groups excluding carboxylic acids is 1. The van der Waals surface area contributed by atoms with Crippen molar-refractivity contribution in [2.75, 3.05) is 19.6 Å². The zero-order valence-corrected chi connectivity index (χ0v) is 13.6. The molecule has 1 fully saturated rings. The molecule has 1 amide bonds. The van der Waals surface area contributed by atoms with Crippen molar-refractivity contribution in [2.24, 2.45) is 14.1 Å². The smallest absolute Gasteiger partial charge is 0.233 e. The molecule has 0 spiro atoms. The second-order valence-corrected chi connectivity index (χ2v) is 6.61. The third-order valence-corrected chi connectivity index (χ3v) is 4.84. The maximum atomic E-state index is 12.8. The molecule has 0 radical (unpaired) electrons. The molecular weight excluding hydrogens is 292 g/mol. The molecule has 2 aliphatic heterocycles. The van der Waals surface area contributed by atoms with Crippen molar-refractivity contribution < 1.29 is 4.79 Å². The highest BCUT2D eigenvalue weighted by Crippen LogP contribution is 2.30. The fourth-order valence-electron chi connectivity index (χ4n) is 3.56. The van der Waals surface area contributed by atoms with Crippen LogP contribution in [0.4, 0.5) is 0 Å². The first-order chi connectivity index (χ1) is 11.1. The number of carbonyl (C=O) groups is 1. The van der Waals surface area contributed by atoms with Gasteiger partial charge in [-0.05, 0) is 6.42 Å². The lowest BCUT2D eigenvalue weighted by molar-refractivity contribution is -0.137. The summed E-state index contributed by atoms with van der Waals surface area (Å²) in [5.74, 6) is 0.139. The van der Waals surface area contributed by atoms with Gasteiger partial charge in [0, 0.05) is 58.6 Å². The normalized spacial score (nSPS) is 21.1. The van der Waals surface area contributed by atoms with Crippen LogP contribution in [0.1, 0.15) is 29.3 Å². The quantitative estimate of drug-likeness (QED) is 0.827. The number of rotatable bonds is 3. The van der Waals surface area contributed by atoms with Crippen molar-refractivity contribution in [3.63, 3.8) is 0 Å². The number of amides is 1. The van der Waals surface area contributed by atoms with Gasteiger partial charge < -0.3 is 9.47 Å². The highest BCUT2D eigenvalue weighted by Gasteiger charge is 2.37. The Hall–Kier alpha value is -2.15. The van der Waals surface area contributed by atoms with Crippen molar-refractivity contribution in [1.82, 2.24) is 29.1 Å². The predicted molar refractivity (Wildman–Crippen MR) is 84.5 cm³/mol. The topological polar surface area (TPSA) is 59.2 Å². The molecule has 2 aliphatic rings. The summed E-state index contributed by atoms with van der Waals surface area (Å²) in [5, 5.41) is 4.23. The summed E-state index contributed by atoms with van der Waals surface area (Å²) >= 11 is 0. The van der Waals surface area contributed by atoms with Crippen LogP contribution in [0.5, 0.6) is 0 Å². The molecule has 4 heterocycles. The van der Waals surface area contributed by atoms with E-state index >= 15 is 0 Å². The van der Waals surface area contributed by atoms with Crippen molar-refractivity contribution in [3.05, 3.63) is 35.7 Å². The van der Waals surface area contributed by atoms with Gasteiger partial charge in [0.15, 0.2) is 0 Å². The molecule has 0 aromatic carbocycles. The van der Waals surface area contributed by atoms with Gasteiger partial charge >= 0.3 is 0 Å². The summed E-state index contributed by atoms with van der Waals surface area (Å²) in [5.41, 5.74) is 3.29. The minimum absolute atomic E-state index is 0.108. The van der Waals surface area contributed by atoms with Gasteiger partial charge in [-0.25, -0.2) is 4.98 Å². The molecule has 23 heavy (non-hydrogen) atoms. The van der Waals surface area contributed by atoms with E-state index in [9.17, 15) is 4.79 Å². The Kier molecular flexibility index (Phi) is 3.45. The first-order valence-corrected chi connectivity index (χ1v) is 8.10. The molecule has 1 unspecified atom stereocenters. The van der Waals surface area contributed by atoms with E-state index in [0.29, 0.717) is 0 Å². The number of imidazole rings is 1. The van der Waals surface area contributed by atoms with Crippen LogP contribution in [0.3, 0.4) is 0 Å². The fraction of sp³-hybridized carbons (Fsp3) is 0.562. The number of fused-ring (bicyclic) bond motifs is 1. The molecule has 0 saturated carbocycles. The predicted octanol–water partition coefficient (Wildman–Crippen LogP) is 0.485. The molecule has 1 saturated heterocycles. The molecule has 7 heteroatoms. The van der Waals surface area contributed by atoms with Crippen molar-refractivity contribution in [3.8, 4) is 0 Å². The minimum Gasteiger partial charge on any atom is -0.342 e. The van der Waals surface area contributed by atoms with E-state index in [1.54, 1.807) is 0 Å². The largest absolute Gasteiger partial charge is 0.342 e. The average Bonchev–Trinajstić information content (AvgIpc) is 3.03. The Morgan fingerprint density at radius 2 is 2.17 bits per heavy atom. The number of hydrogen-bond donors (Lipinski definition) is 0. The average molecular weight is 314 g/mol. The van der Waals surface area contributed by atoms with Crippen LogP contribution in [0.15, 0.2) is 18.7 Å². The summed E-state index contributed by atoms with van der Waals surface area (Å²) < 4.78 is 3.83. The standard InChI is InChI=1S/C16H22N6O/c1-19-11-17-14-10-21(8-12-6-18-20(2)7-12)9-13(15(14)19)16(23)22-4-3-5-22/h6-7,11,13H,3-5,8-10H2,1-2H3. The van der Waals surface area contributed by atoms with E-state index in [2.05, 4.69) is 15.0 Å². The van der Waals surface area contributed by atoms with Crippen LogP contribution in [0, 0.1) is 0 Å². The third-order valence-electron chi connectivity index (χ3n) is 4.84. The van der Waals surface area contributed by atoms with Crippen LogP contribution >= 0.6 is 0 Å². The van der Waals surface area contributed by atoms with Crippen LogP contribution in [0.2, 0.25) is 0 Å². The first kappa shape index (κ1) is 14.4. The second kappa shape index (κ2) is 5.49. The number of nitrogens with zero attached hydrogens (tertiary/aromatic N) is 6. The van der Waals surface area contributed by atoms with Gasteiger partial charge in [0.25, 0.3) is 0 Å². The highest BCUT2D eigenvalue weighted by atomic mass is 16.2. The number of likely N-dealkylation sites (tertiary alicyclic amines) is 1. The van der Waals surface area contributed by atoms with Gasteiger partial charge in [0.05, 0.1) is 29.8 Å². The van der Waals surface area contributed by atoms with Crippen LogP contribution < -0.4 is 0 Å². The zero-order chi connectivity index (χ0) is 16.0. The molecular formula is C16H22N6O. The lowest BCUT2D eigenvalue weighted by atomic mass is 9.95. The summed E-state index contributed by atoms with van der Waals surface area (Å²) in [4.78, 5) is 21.6. The Morgan fingerprint density at radius 1 is 1.35 bits per heavy atom. The molecule has 0 aliphatic carbocycles. The van der Waals surface area contributed by atoms with E-state index in [1.807, 2.05) is 47.0 Å². The van der Waals surface area contributed by atoms with Crippen molar-refractivity contribution >= 4 is 5.91 Å². The maximum Gasteiger partial charge on any atom is 0.233 e. The lowest BCUT2D eigenvalue weighted by Crippen LogP contribution is -2.48. The van der Waals surface area contributed by atoms with Gasteiger partial charge in [0.1, 0.15) is 0 Å². The zero-order valence-electron chi connectivity index (χ0n) is 13.6. The Balaban J connectivity index is 1.59. The van der Waals surface area contributed by atoms with Crippen molar-refractivity contribution in [1.29, 1.82) is 0 Å². The Labute approximate surface area is 135 Å². The number of aromatic nitrogens is 4. The van der Waals surface area contributed by atoms with Gasteiger partial charge in [-0.1, -0.05) is 0 Å². The number of aryl methyl sites for hydroxylation is 2. The first-order valence-electron chi connectivity index (χ1n) is 8.10. The fourth-order valence-corrected chi connectivity index (χ4v) is 3.56. The van der Waals surface area contributed by atoms with Gasteiger partial charge in [0.2, 0.25) is 5.91 Å². The summed E-state index contributed by atoms with van der Waals surface area (Å²) in [7, 11) is 3.91. The Bertz CT molecular complexity index is 729. The molecule has 2 aromatic heterocycles. The van der Waals surface area contributed by atoms with Gasteiger partial charge in [-0.3, -0.25) is 14.4 Å². The monoisotopic (exact) mass is 314 g/mol. The summed E-state index contributed by atoms with van der Waals surface area (Å²) in [6.45, 7) is 4.12. The highest BCUT2D eigenvalue weighted by molar-refractivity contribution is 5.84. The maximum absolute atomic E-state index is 12.8. The van der Waals surface area contributed by atoms with Crippen LogP contribution in [-0.4, -0.2) is 54.7 Å². The molecule has 1 atom stereocenters. The minimum atomic E-state index is -0.108. The third kappa shape index (κ3) is 2.55. The molecule has 7 nitrogen and oxygen atoms in total. The molecule has 0 N–H and O–H groups in total. The van der Waals surface area contributed by atoms with E-state index in [4.69, 9.17) is 0 Å².